The molecule has 0 fully saturated rings. The van der Waals surface area contributed by atoms with Gasteiger partial charge in [-0.15, -0.1) is 0 Å². The van der Waals surface area contributed by atoms with Gasteiger partial charge in [-0.05, 0) is 17.2 Å². The average Bonchev–Trinajstić information content (AvgIpc) is 2.93. The van der Waals surface area contributed by atoms with Crippen molar-refractivity contribution in [2.45, 2.75) is 12.2 Å². The summed E-state index contributed by atoms with van der Waals surface area (Å²) in [5.41, 5.74) is 1.56. The van der Waals surface area contributed by atoms with Gasteiger partial charge in [-0.3, -0.25) is 0 Å². The van der Waals surface area contributed by atoms with Crippen molar-refractivity contribution in [3.63, 3.8) is 0 Å². The molecule has 0 aliphatic carbocycles. The van der Waals surface area contributed by atoms with E-state index >= 15 is 0 Å². The molecule has 0 amide bonds. The Morgan fingerprint density at radius 1 is 0.811 bits per heavy atom. The highest BCUT2D eigenvalue weighted by atomic mass is 35.5. The molecule has 0 spiro atoms. The van der Waals surface area contributed by atoms with Gasteiger partial charge in [0.15, 0.2) is 23.7 Å². The van der Waals surface area contributed by atoms with Crippen molar-refractivity contribution in [2.24, 2.45) is 0 Å². The number of benzene rings is 3. The normalized spacial score (nSPS) is 11.7. The lowest BCUT2D eigenvalue weighted by molar-refractivity contribution is -0.158. The Labute approximate surface area is 221 Å². The van der Waals surface area contributed by atoms with E-state index in [1.54, 1.807) is 7.11 Å². The Morgan fingerprint density at radius 2 is 1.32 bits per heavy atom. The van der Waals surface area contributed by atoms with Crippen molar-refractivity contribution in [3.05, 3.63) is 88.4 Å². The van der Waals surface area contributed by atoms with Gasteiger partial charge < -0.3 is 33.5 Å². The first-order valence-corrected chi connectivity index (χ1v) is 12.0. The molecule has 37 heavy (non-hydrogen) atoms. The third-order valence-electron chi connectivity index (χ3n) is 5.41. The lowest BCUT2D eigenvalue weighted by Gasteiger charge is -2.23. The number of ether oxygens (including phenoxy) is 6. The van der Waals surface area contributed by atoms with Crippen LogP contribution in [0.4, 0.5) is 0 Å². The standard InChI is InChI=1S/C28H31ClO8/c1-32-14-16-35-26-22(34-3)18-21(23(29)27(26)36-17-15-33-2)24(30)28(31)37-25(19-10-6-4-7-11-19)20-12-8-5-9-13-20/h4-13,18,24-25,30H,14-17H2,1-3H3. The van der Waals surface area contributed by atoms with Crippen molar-refractivity contribution in [3.8, 4) is 17.2 Å². The third kappa shape index (κ3) is 7.36. The second kappa shape index (κ2) is 14.4. The van der Waals surface area contributed by atoms with Crippen LogP contribution in [-0.4, -0.2) is 58.8 Å². The van der Waals surface area contributed by atoms with E-state index in [4.69, 9.17) is 40.0 Å². The molecular formula is C28H31ClO8. The molecule has 0 bridgehead atoms. The number of carbonyl (C=O) groups is 1. The molecule has 8 nitrogen and oxygen atoms in total. The van der Waals surface area contributed by atoms with Crippen molar-refractivity contribution >= 4 is 17.6 Å². The number of aliphatic hydroxyl groups excluding tert-OH is 1. The molecule has 0 aliphatic rings. The summed E-state index contributed by atoms with van der Waals surface area (Å²) in [5, 5.41) is 11.1. The minimum absolute atomic E-state index is 0.00950. The van der Waals surface area contributed by atoms with Crippen LogP contribution >= 0.6 is 11.6 Å². The third-order valence-corrected chi connectivity index (χ3v) is 5.80. The largest absolute Gasteiger partial charge is 0.493 e. The van der Waals surface area contributed by atoms with Crippen LogP contribution in [0.5, 0.6) is 17.2 Å². The SMILES string of the molecule is COCCOc1c(OC)cc(C(O)C(=O)OC(c2ccccc2)c2ccccc2)c(Cl)c1OCCOC. The fourth-order valence-corrected chi connectivity index (χ4v) is 3.87. The van der Waals surface area contributed by atoms with Crippen molar-refractivity contribution in [2.75, 3.05) is 47.8 Å². The topological polar surface area (TPSA) is 92.7 Å². The highest BCUT2D eigenvalue weighted by Crippen LogP contribution is 2.47. The molecule has 3 rings (SSSR count). The minimum atomic E-state index is -1.73. The Kier molecular flexibility index (Phi) is 11.0. The molecule has 1 atom stereocenters. The van der Waals surface area contributed by atoms with E-state index in [-0.39, 0.29) is 47.7 Å². The van der Waals surface area contributed by atoms with E-state index in [9.17, 15) is 9.90 Å². The summed E-state index contributed by atoms with van der Waals surface area (Å²) >= 11 is 6.64. The van der Waals surface area contributed by atoms with Crippen LogP contribution in [0.25, 0.3) is 0 Å². The number of hydrogen-bond acceptors (Lipinski definition) is 8. The molecule has 0 heterocycles. The zero-order valence-electron chi connectivity index (χ0n) is 21.0. The summed E-state index contributed by atoms with van der Waals surface area (Å²) < 4.78 is 33.0. The lowest BCUT2D eigenvalue weighted by Crippen LogP contribution is -2.20. The summed E-state index contributed by atoms with van der Waals surface area (Å²) in [5.74, 6) is -0.343. The molecule has 3 aromatic carbocycles. The van der Waals surface area contributed by atoms with E-state index in [0.29, 0.717) is 6.61 Å². The van der Waals surface area contributed by atoms with Gasteiger partial charge in [0.25, 0.3) is 0 Å². The second-order valence-electron chi connectivity index (χ2n) is 7.86. The van der Waals surface area contributed by atoms with Crippen LogP contribution in [0, 0.1) is 0 Å². The molecule has 1 N–H and O–H groups in total. The van der Waals surface area contributed by atoms with Crippen LogP contribution < -0.4 is 14.2 Å². The van der Waals surface area contributed by atoms with Gasteiger partial charge in [0.1, 0.15) is 13.2 Å². The summed E-state index contributed by atoms with van der Waals surface area (Å²) in [7, 11) is 4.51. The van der Waals surface area contributed by atoms with Gasteiger partial charge in [0, 0.05) is 19.8 Å². The second-order valence-corrected chi connectivity index (χ2v) is 8.24. The van der Waals surface area contributed by atoms with E-state index in [1.165, 1.54) is 20.3 Å². The minimum Gasteiger partial charge on any atom is -0.493 e. The lowest BCUT2D eigenvalue weighted by atomic mass is 10.0. The molecule has 198 valence electrons. The quantitative estimate of drug-likeness (QED) is 0.235. The first-order chi connectivity index (χ1) is 18.0. The molecule has 9 heteroatoms. The maximum atomic E-state index is 13.2. The van der Waals surface area contributed by atoms with Crippen LogP contribution in [0.3, 0.4) is 0 Å². The number of rotatable bonds is 14. The molecule has 1 unspecified atom stereocenters. The van der Waals surface area contributed by atoms with Crippen LogP contribution in [-0.2, 0) is 19.0 Å². The van der Waals surface area contributed by atoms with Gasteiger partial charge in [-0.2, -0.15) is 0 Å². The summed E-state index contributed by atoms with van der Waals surface area (Å²) in [6, 6.07) is 20.0. The number of halogens is 1. The van der Waals surface area contributed by atoms with Crippen LogP contribution in [0.1, 0.15) is 28.9 Å². The van der Waals surface area contributed by atoms with Crippen LogP contribution in [0.2, 0.25) is 5.02 Å². The monoisotopic (exact) mass is 530 g/mol. The van der Waals surface area contributed by atoms with Crippen molar-refractivity contribution < 1.29 is 38.3 Å². The molecule has 0 saturated carbocycles. The number of esters is 1. The predicted molar refractivity (Wildman–Crippen MR) is 139 cm³/mol. The Balaban J connectivity index is 1.95. The summed E-state index contributed by atoms with van der Waals surface area (Å²) in [6.45, 7) is 0.938. The maximum Gasteiger partial charge on any atom is 0.340 e. The molecule has 0 saturated heterocycles. The Morgan fingerprint density at radius 3 is 1.81 bits per heavy atom. The van der Waals surface area contributed by atoms with E-state index < -0.39 is 18.2 Å². The van der Waals surface area contributed by atoms with Crippen molar-refractivity contribution in [1.82, 2.24) is 0 Å². The molecule has 0 radical (unpaired) electrons. The van der Waals surface area contributed by atoms with Gasteiger partial charge in [-0.25, -0.2) is 4.79 Å². The van der Waals surface area contributed by atoms with Gasteiger partial charge in [-0.1, -0.05) is 72.3 Å². The maximum absolute atomic E-state index is 13.2. The predicted octanol–water partition coefficient (Wildman–Crippen LogP) is 4.77. The number of methoxy groups -OCH3 is 3. The smallest absolute Gasteiger partial charge is 0.340 e. The van der Waals surface area contributed by atoms with E-state index in [2.05, 4.69) is 0 Å². The van der Waals surface area contributed by atoms with Gasteiger partial charge >= 0.3 is 5.97 Å². The fourth-order valence-electron chi connectivity index (χ4n) is 3.57. The number of carbonyl (C=O) groups excluding carboxylic acids is 1. The van der Waals surface area contributed by atoms with Gasteiger partial charge in [0.2, 0.25) is 5.75 Å². The number of hydrogen-bond donors (Lipinski definition) is 1. The first kappa shape index (κ1) is 28.3. The summed E-state index contributed by atoms with van der Waals surface area (Å²) in [4.78, 5) is 13.2. The fraction of sp³-hybridized carbons (Fsp3) is 0.321. The zero-order valence-corrected chi connectivity index (χ0v) is 21.8. The Bertz CT molecular complexity index is 1080. The first-order valence-electron chi connectivity index (χ1n) is 11.6. The zero-order chi connectivity index (χ0) is 26.6. The van der Waals surface area contributed by atoms with Crippen LogP contribution in [0.15, 0.2) is 66.7 Å². The van der Waals surface area contributed by atoms with Crippen molar-refractivity contribution in [1.29, 1.82) is 0 Å². The molecule has 3 aromatic rings. The highest BCUT2D eigenvalue weighted by Gasteiger charge is 2.31. The molecular weight excluding hydrogens is 500 g/mol. The highest BCUT2D eigenvalue weighted by molar-refractivity contribution is 6.33. The Hall–Kier alpha value is -3.30. The average molecular weight is 531 g/mol. The summed E-state index contributed by atoms with van der Waals surface area (Å²) in [6.07, 6.45) is -2.46. The van der Waals surface area contributed by atoms with E-state index in [0.717, 1.165) is 11.1 Å². The van der Waals surface area contributed by atoms with Gasteiger partial charge in [0.05, 0.1) is 25.3 Å². The number of aliphatic hydroxyl groups is 1. The molecule has 0 aromatic heterocycles. The molecule has 0 aliphatic heterocycles. The van der Waals surface area contributed by atoms with E-state index in [1.807, 2.05) is 60.7 Å².